The van der Waals surface area contributed by atoms with Crippen LogP contribution >= 0.6 is 0 Å². The number of hydrogen-bond acceptors (Lipinski definition) is 3. The molecule has 5 nitrogen and oxygen atoms in total. The predicted molar refractivity (Wildman–Crippen MR) is 105 cm³/mol. The monoisotopic (exact) mass is 458 g/mol. The SMILES string of the molecule is CC(NC(=O)c1cccc2ccc(C(C)(C)C(F)(F)F)nc12)c1cnn(C)c1C(F)(F)F. The van der Waals surface area contributed by atoms with Gasteiger partial charge in [-0.1, -0.05) is 18.2 Å². The predicted octanol–water partition coefficient (Wildman–Crippen LogP) is 5.32. The van der Waals surface area contributed by atoms with Crippen molar-refractivity contribution in [3.8, 4) is 0 Å². The molecule has 1 aromatic carbocycles. The lowest BCUT2D eigenvalue weighted by atomic mass is 9.87. The highest BCUT2D eigenvalue weighted by molar-refractivity contribution is 6.05. The first kappa shape index (κ1) is 23.6. The van der Waals surface area contributed by atoms with Crippen LogP contribution in [0.4, 0.5) is 26.3 Å². The fourth-order valence-corrected chi connectivity index (χ4v) is 3.29. The van der Waals surface area contributed by atoms with Crippen molar-refractivity contribution >= 4 is 16.8 Å². The molecule has 3 aromatic rings. The lowest BCUT2D eigenvalue weighted by molar-refractivity contribution is -0.181. The first-order valence-corrected chi connectivity index (χ1v) is 9.51. The summed E-state index contributed by atoms with van der Waals surface area (Å²) < 4.78 is 81.1. The molecule has 32 heavy (non-hydrogen) atoms. The van der Waals surface area contributed by atoms with Crippen LogP contribution in [-0.2, 0) is 18.6 Å². The number of carbonyl (C=O) groups excluding carboxylic acids is 1. The summed E-state index contributed by atoms with van der Waals surface area (Å²) in [5.74, 6) is -0.769. The molecule has 1 N–H and O–H groups in total. The number of nitrogens with zero attached hydrogens (tertiary/aromatic N) is 3. The maximum Gasteiger partial charge on any atom is 0.433 e. The normalized spacial score (nSPS) is 13.9. The summed E-state index contributed by atoms with van der Waals surface area (Å²) in [4.78, 5) is 17.0. The largest absolute Gasteiger partial charge is 0.433 e. The van der Waals surface area contributed by atoms with Gasteiger partial charge < -0.3 is 5.32 Å². The van der Waals surface area contributed by atoms with Crippen molar-refractivity contribution < 1.29 is 31.1 Å². The first-order chi connectivity index (χ1) is 14.6. The number of amides is 1. The minimum atomic E-state index is -4.68. The number of hydrogen-bond donors (Lipinski definition) is 1. The molecule has 2 heterocycles. The van der Waals surface area contributed by atoms with Crippen molar-refractivity contribution in [1.82, 2.24) is 20.1 Å². The van der Waals surface area contributed by atoms with Crippen molar-refractivity contribution in [3.05, 3.63) is 59.0 Å². The Morgan fingerprint density at radius 3 is 2.31 bits per heavy atom. The molecule has 0 saturated carbocycles. The number of nitrogens with one attached hydrogen (secondary N) is 1. The number of aromatic nitrogens is 3. The molecule has 1 amide bonds. The molecule has 0 radical (unpaired) electrons. The van der Waals surface area contributed by atoms with Crippen molar-refractivity contribution in [2.45, 2.75) is 44.6 Å². The summed E-state index contributed by atoms with van der Waals surface area (Å²) in [6.07, 6.45) is -8.24. The first-order valence-electron chi connectivity index (χ1n) is 9.51. The zero-order valence-corrected chi connectivity index (χ0v) is 17.6. The summed E-state index contributed by atoms with van der Waals surface area (Å²) in [5.41, 5.74) is -3.82. The van der Waals surface area contributed by atoms with E-state index in [1.807, 2.05) is 0 Å². The summed E-state index contributed by atoms with van der Waals surface area (Å²) in [7, 11) is 1.14. The second-order valence-corrected chi connectivity index (χ2v) is 7.96. The summed E-state index contributed by atoms with van der Waals surface area (Å²) in [5, 5.41) is 6.51. The van der Waals surface area contributed by atoms with Gasteiger partial charge >= 0.3 is 12.4 Å². The van der Waals surface area contributed by atoms with E-state index in [9.17, 15) is 31.1 Å². The molecular weight excluding hydrogens is 438 g/mol. The van der Waals surface area contributed by atoms with E-state index in [2.05, 4.69) is 15.4 Å². The van der Waals surface area contributed by atoms with Gasteiger partial charge in [0, 0.05) is 18.0 Å². The Labute approximate surface area is 179 Å². The van der Waals surface area contributed by atoms with E-state index in [1.54, 1.807) is 6.07 Å². The van der Waals surface area contributed by atoms with Crippen molar-refractivity contribution in [2.24, 2.45) is 7.05 Å². The van der Waals surface area contributed by atoms with E-state index in [4.69, 9.17) is 0 Å². The topological polar surface area (TPSA) is 59.8 Å². The minimum Gasteiger partial charge on any atom is -0.345 e. The third-order valence-electron chi connectivity index (χ3n) is 5.36. The van der Waals surface area contributed by atoms with Crippen LogP contribution in [0.15, 0.2) is 36.5 Å². The second kappa shape index (κ2) is 7.79. The van der Waals surface area contributed by atoms with Crippen LogP contribution in [0.5, 0.6) is 0 Å². The number of aryl methyl sites for hydroxylation is 1. The molecule has 1 unspecified atom stereocenters. The van der Waals surface area contributed by atoms with Crippen LogP contribution in [0.2, 0.25) is 0 Å². The van der Waals surface area contributed by atoms with Crippen molar-refractivity contribution in [3.63, 3.8) is 0 Å². The molecule has 0 saturated heterocycles. The summed E-state index contributed by atoms with van der Waals surface area (Å²) in [6.45, 7) is 3.32. The van der Waals surface area contributed by atoms with Gasteiger partial charge in [-0.25, -0.2) is 0 Å². The zero-order valence-electron chi connectivity index (χ0n) is 17.6. The molecule has 0 bridgehead atoms. The third kappa shape index (κ3) is 4.15. The third-order valence-corrected chi connectivity index (χ3v) is 5.36. The van der Waals surface area contributed by atoms with E-state index in [0.29, 0.717) is 10.1 Å². The van der Waals surface area contributed by atoms with Gasteiger partial charge in [-0.2, -0.15) is 31.4 Å². The van der Waals surface area contributed by atoms with Gasteiger partial charge in [0.15, 0.2) is 0 Å². The van der Waals surface area contributed by atoms with Crippen molar-refractivity contribution in [2.75, 3.05) is 0 Å². The fourth-order valence-electron chi connectivity index (χ4n) is 3.29. The number of carbonyl (C=O) groups is 1. The average Bonchev–Trinajstić information content (AvgIpc) is 3.08. The second-order valence-electron chi connectivity index (χ2n) is 7.96. The minimum absolute atomic E-state index is 0.0225. The molecule has 0 spiro atoms. The Bertz CT molecular complexity index is 1160. The Hall–Kier alpha value is -3.11. The molecule has 0 aliphatic carbocycles. The summed E-state index contributed by atoms with van der Waals surface area (Å²) in [6, 6.07) is 6.05. The molecule has 3 rings (SSSR count). The number of para-hydroxylation sites is 1. The Balaban J connectivity index is 2.00. The number of pyridine rings is 1. The average molecular weight is 458 g/mol. The number of alkyl halides is 6. The molecule has 0 aliphatic rings. The van der Waals surface area contributed by atoms with Gasteiger partial charge in [0.05, 0.1) is 29.0 Å². The number of benzene rings is 1. The van der Waals surface area contributed by atoms with Crippen LogP contribution in [0.1, 0.15) is 54.1 Å². The van der Waals surface area contributed by atoms with E-state index < -0.39 is 35.4 Å². The van der Waals surface area contributed by atoms with Gasteiger partial charge in [0.25, 0.3) is 5.91 Å². The lowest BCUT2D eigenvalue weighted by Crippen LogP contribution is -2.37. The standard InChI is InChI=1S/C21H20F6N4O/c1-11(14-10-28-31(4)17(14)20(22,23)24)29-18(32)13-7-5-6-12-8-9-15(30-16(12)13)19(2,3)21(25,26)27/h5-11H,1-4H3,(H,29,32). The van der Waals surface area contributed by atoms with Crippen LogP contribution in [0.25, 0.3) is 10.9 Å². The van der Waals surface area contributed by atoms with Gasteiger partial charge in [-0.3, -0.25) is 14.5 Å². The molecule has 1 atom stereocenters. The van der Waals surface area contributed by atoms with Crippen LogP contribution in [0.3, 0.4) is 0 Å². The maximum absolute atomic E-state index is 13.5. The van der Waals surface area contributed by atoms with Crippen LogP contribution < -0.4 is 5.32 Å². The van der Waals surface area contributed by atoms with E-state index >= 15 is 0 Å². The highest BCUT2D eigenvalue weighted by atomic mass is 19.4. The van der Waals surface area contributed by atoms with E-state index in [1.165, 1.54) is 31.2 Å². The highest BCUT2D eigenvalue weighted by Gasteiger charge is 2.49. The fraction of sp³-hybridized carbons (Fsp3) is 0.381. The Morgan fingerprint density at radius 2 is 1.72 bits per heavy atom. The smallest absolute Gasteiger partial charge is 0.345 e. The Kier molecular flexibility index (Phi) is 5.73. The lowest BCUT2D eigenvalue weighted by Gasteiger charge is -2.27. The van der Waals surface area contributed by atoms with Crippen molar-refractivity contribution in [1.29, 1.82) is 0 Å². The summed E-state index contributed by atoms with van der Waals surface area (Å²) >= 11 is 0. The van der Waals surface area contributed by atoms with E-state index in [0.717, 1.165) is 27.1 Å². The van der Waals surface area contributed by atoms with Gasteiger partial charge in [-0.15, -0.1) is 0 Å². The molecule has 172 valence electrons. The number of halogens is 6. The van der Waals surface area contributed by atoms with Crippen LogP contribution in [0, 0.1) is 0 Å². The molecular formula is C21H20F6N4O. The molecule has 0 fully saturated rings. The number of fused-ring (bicyclic) bond motifs is 1. The van der Waals surface area contributed by atoms with Gasteiger partial charge in [0.1, 0.15) is 11.1 Å². The molecule has 0 aliphatic heterocycles. The molecule has 2 aromatic heterocycles. The molecule has 11 heteroatoms. The Morgan fingerprint density at radius 1 is 1.06 bits per heavy atom. The maximum atomic E-state index is 13.5. The van der Waals surface area contributed by atoms with Gasteiger partial charge in [0.2, 0.25) is 0 Å². The highest BCUT2D eigenvalue weighted by Crippen LogP contribution is 2.40. The number of rotatable bonds is 4. The quantitative estimate of drug-likeness (QED) is 0.539. The van der Waals surface area contributed by atoms with E-state index in [-0.39, 0.29) is 22.3 Å². The van der Waals surface area contributed by atoms with Crippen LogP contribution in [-0.4, -0.2) is 26.8 Å². The van der Waals surface area contributed by atoms with Gasteiger partial charge in [-0.05, 0) is 32.9 Å². The zero-order chi connectivity index (χ0) is 24.1.